The van der Waals surface area contributed by atoms with Crippen LogP contribution in [-0.4, -0.2) is 42.4 Å². The normalized spacial score (nSPS) is 16.0. The van der Waals surface area contributed by atoms with Gasteiger partial charge in [0.25, 0.3) is 0 Å². The molecule has 0 saturated carbocycles. The van der Waals surface area contributed by atoms with Crippen molar-refractivity contribution in [2.75, 3.05) is 36.5 Å². The first-order chi connectivity index (χ1) is 15.7. The lowest BCUT2D eigenvalue weighted by molar-refractivity contribution is -0.120. The number of hydrogen-bond acceptors (Lipinski definition) is 6. The molecule has 7 heteroatoms. The number of benzene rings is 2. The molecule has 0 aliphatic carbocycles. The van der Waals surface area contributed by atoms with Gasteiger partial charge in [0.15, 0.2) is 17.3 Å². The Morgan fingerprint density at radius 1 is 0.938 bits per heavy atom. The molecule has 1 saturated heterocycles. The maximum atomic E-state index is 12.8. The molecule has 164 valence electrons. The zero-order valence-corrected chi connectivity index (χ0v) is 18.1. The predicted octanol–water partition coefficient (Wildman–Crippen LogP) is 4.08. The summed E-state index contributed by atoms with van der Waals surface area (Å²) < 4.78 is 11.1. The summed E-state index contributed by atoms with van der Waals surface area (Å²) in [5.41, 5.74) is 3.88. The van der Waals surface area contributed by atoms with E-state index in [2.05, 4.69) is 51.6 Å². The molecule has 2 aliphatic heterocycles. The first kappa shape index (κ1) is 20.3. The molecule has 5 rings (SSSR count). The molecule has 1 amide bonds. The minimum Gasteiger partial charge on any atom is -0.486 e. The van der Waals surface area contributed by atoms with E-state index < -0.39 is 0 Å². The van der Waals surface area contributed by atoms with Gasteiger partial charge in [0.1, 0.15) is 13.2 Å². The Morgan fingerprint density at radius 2 is 1.69 bits per heavy atom. The number of amides is 1. The molecular weight excluding hydrogens is 404 g/mol. The fourth-order valence-corrected chi connectivity index (χ4v) is 4.11. The molecule has 0 atom stereocenters. The van der Waals surface area contributed by atoms with Crippen molar-refractivity contribution in [3.8, 4) is 22.8 Å². The molecule has 0 bridgehead atoms. The van der Waals surface area contributed by atoms with E-state index in [1.807, 2.05) is 30.3 Å². The third kappa shape index (κ3) is 4.37. The van der Waals surface area contributed by atoms with Gasteiger partial charge in [-0.2, -0.15) is 0 Å². The quantitative estimate of drug-likeness (QED) is 0.672. The highest BCUT2D eigenvalue weighted by Crippen LogP contribution is 2.33. The lowest BCUT2D eigenvalue weighted by Gasteiger charge is -2.31. The van der Waals surface area contributed by atoms with Crippen molar-refractivity contribution in [3.63, 3.8) is 0 Å². The van der Waals surface area contributed by atoms with Crippen LogP contribution in [0.4, 0.5) is 11.5 Å². The number of piperidine rings is 1. The second kappa shape index (κ2) is 8.86. The van der Waals surface area contributed by atoms with E-state index in [0.29, 0.717) is 19.0 Å². The average Bonchev–Trinajstić information content (AvgIpc) is 2.85. The van der Waals surface area contributed by atoms with Crippen molar-refractivity contribution in [2.24, 2.45) is 5.92 Å². The zero-order valence-electron chi connectivity index (χ0n) is 18.1. The van der Waals surface area contributed by atoms with Gasteiger partial charge in [-0.25, -0.2) is 0 Å². The Labute approximate surface area is 187 Å². The van der Waals surface area contributed by atoms with Gasteiger partial charge in [-0.1, -0.05) is 29.8 Å². The fourth-order valence-electron chi connectivity index (χ4n) is 4.11. The van der Waals surface area contributed by atoms with E-state index in [9.17, 15) is 4.79 Å². The summed E-state index contributed by atoms with van der Waals surface area (Å²) >= 11 is 0. The van der Waals surface area contributed by atoms with Crippen molar-refractivity contribution in [1.82, 2.24) is 10.2 Å². The summed E-state index contributed by atoms with van der Waals surface area (Å²) in [6.45, 7) is 4.70. The van der Waals surface area contributed by atoms with Crippen molar-refractivity contribution in [3.05, 3.63) is 60.2 Å². The Bertz CT molecular complexity index is 1090. The summed E-state index contributed by atoms with van der Waals surface area (Å²) in [6.07, 6.45) is 1.55. The van der Waals surface area contributed by atoms with Gasteiger partial charge < -0.3 is 19.7 Å². The molecule has 1 fully saturated rings. The molecular formula is C25H26N4O3. The summed E-state index contributed by atoms with van der Waals surface area (Å²) in [6, 6.07) is 17.8. The number of carbonyl (C=O) groups is 1. The standard InChI is InChI=1S/C25H26N4O3/c1-17-2-4-18(5-3-17)21-7-9-24(28-27-21)29-12-10-19(11-13-29)25(30)26-20-6-8-22-23(16-20)32-15-14-31-22/h2-9,16,19H,10-15H2,1H3,(H,26,30). The number of fused-ring (bicyclic) bond motifs is 1. The van der Waals surface area contributed by atoms with E-state index in [1.165, 1.54) is 5.56 Å². The van der Waals surface area contributed by atoms with Crippen LogP contribution in [0.1, 0.15) is 18.4 Å². The first-order valence-electron chi connectivity index (χ1n) is 11.0. The van der Waals surface area contributed by atoms with Gasteiger partial charge >= 0.3 is 0 Å². The number of nitrogens with one attached hydrogen (secondary N) is 1. The SMILES string of the molecule is Cc1ccc(-c2ccc(N3CCC(C(=O)Nc4ccc5c(c4)OCCO5)CC3)nn2)cc1. The summed E-state index contributed by atoms with van der Waals surface area (Å²) in [4.78, 5) is 15.0. The number of carbonyl (C=O) groups excluding carboxylic acids is 1. The highest BCUT2D eigenvalue weighted by molar-refractivity contribution is 5.93. The van der Waals surface area contributed by atoms with E-state index in [-0.39, 0.29) is 11.8 Å². The molecule has 3 aromatic rings. The fraction of sp³-hybridized carbons (Fsp3) is 0.320. The van der Waals surface area contributed by atoms with E-state index in [4.69, 9.17) is 9.47 Å². The third-order valence-electron chi connectivity index (χ3n) is 6.00. The number of anilines is 2. The van der Waals surface area contributed by atoms with Gasteiger partial charge in [0.2, 0.25) is 5.91 Å². The Hall–Kier alpha value is -3.61. The van der Waals surface area contributed by atoms with Gasteiger partial charge in [-0.3, -0.25) is 4.79 Å². The Kier molecular flexibility index (Phi) is 5.62. The first-order valence-corrected chi connectivity index (χ1v) is 11.0. The molecule has 0 spiro atoms. The monoisotopic (exact) mass is 430 g/mol. The number of ether oxygens (including phenoxy) is 2. The van der Waals surface area contributed by atoms with Crippen molar-refractivity contribution >= 4 is 17.4 Å². The lowest BCUT2D eigenvalue weighted by atomic mass is 9.95. The van der Waals surface area contributed by atoms with Gasteiger partial charge in [-0.05, 0) is 44.0 Å². The van der Waals surface area contributed by atoms with Gasteiger partial charge in [0, 0.05) is 36.3 Å². The topological polar surface area (TPSA) is 76.6 Å². The van der Waals surface area contributed by atoms with Crippen LogP contribution in [0.3, 0.4) is 0 Å². The van der Waals surface area contributed by atoms with E-state index in [1.54, 1.807) is 0 Å². The lowest BCUT2D eigenvalue weighted by Crippen LogP contribution is -2.38. The van der Waals surface area contributed by atoms with Crippen molar-refractivity contribution in [1.29, 1.82) is 0 Å². The van der Waals surface area contributed by atoms with Crippen LogP contribution >= 0.6 is 0 Å². The Balaban J connectivity index is 1.17. The highest BCUT2D eigenvalue weighted by Gasteiger charge is 2.26. The summed E-state index contributed by atoms with van der Waals surface area (Å²) in [7, 11) is 0. The minimum atomic E-state index is -0.0285. The van der Waals surface area contributed by atoms with Crippen LogP contribution < -0.4 is 19.7 Å². The second-order valence-electron chi connectivity index (χ2n) is 8.25. The smallest absolute Gasteiger partial charge is 0.227 e. The number of hydrogen-bond donors (Lipinski definition) is 1. The van der Waals surface area contributed by atoms with Crippen molar-refractivity contribution in [2.45, 2.75) is 19.8 Å². The second-order valence-corrected chi connectivity index (χ2v) is 8.25. The average molecular weight is 431 g/mol. The van der Waals surface area contributed by atoms with Gasteiger partial charge in [-0.15, -0.1) is 10.2 Å². The van der Waals surface area contributed by atoms with Crippen LogP contribution in [0.2, 0.25) is 0 Å². The van der Waals surface area contributed by atoms with Crippen LogP contribution in [0.15, 0.2) is 54.6 Å². The van der Waals surface area contributed by atoms with Crippen LogP contribution in [-0.2, 0) is 4.79 Å². The summed E-state index contributed by atoms with van der Waals surface area (Å²) in [5.74, 6) is 2.27. The molecule has 7 nitrogen and oxygen atoms in total. The Morgan fingerprint density at radius 3 is 2.41 bits per heavy atom. The molecule has 3 heterocycles. The number of rotatable bonds is 4. The number of nitrogens with zero attached hydrogens (tertiary/aromatic N) is 3. The molecule has 1 aromatic heterocycles. The molecule has 0 unspecified atom stereocenters. The zero-order chi connectivity index (χ0) is 21.9. The number of aromatic nitrogens is 2. The highest BCUT2D eigenvalue weighted by atomic mass is 16.6. The summed E-state index contributed by atoms with van der Waals surface area (Å²) in [5, 5.41) is 11.9. The molecule has 0 radical (unpaired) electrons. The van der Waals surface area contributed by atoms with E-state index >= 15 is 0 Å². The van der Waals surface area contributed by atoms with Gasteiger partial charge in [0.05, 0.1) is 5.69 Å². The maximum Gasteiger partial charge on any atom is 0.227 e. The third-order valence-corrected chi connectivity index (χ3v) is 6.00. The minimum absolute atomic E-state index is 0.0285. The molecule has 32 heavy (non-hydrogen) atoms. The molecule has 2 aromatic carbocycles. The van der Waals surface area contributed by atoms with Crippen LogP contribution in [0.25, 0.3) is 11.3 Å². The largest absolute Gasteiger partial charge is 0.486 e. The van der Waals surface area contributed by atoms with Crippen LogP contribution in [0.5, 0.6) is 11.5 Å². The number of aryl methyl sites for hydroxylation is 1. The van der Waals surface area contributed by atoms with Crippen molar-refractivity contribution < 1.29 is 14.3 Å². The predicted molar refractivity (Wildman–Crippen MR) is 123 cm³/mol. The molecule has 1 N–H and O–H groups in total. The van der Waals surface area contributed by atoms with E-state index in [0.717, 1.165) is 54.4 Å². The van der Waals surface area contributed by atoms with Crippen LogP contribution in [0, 0.1) is 12.8 Å². The molecule has 2 aliphatic rings. The maximum absolute atomic E-state index is 12.8.